The number of hydrogen-bond acceptors (Lipinski definition) is 6. The van der Waals surface area contributed by atoms with Gasteiger partial charge in [0.15, 0.2) is 17.3 Å². The summed E-state index contributed by atoms with van der Waals surface area (Å²) in [6.45, 7) is 7.41. The number of hydrogen-bond donors (Lipinski definition) is 0. The maximum absolute atomic E-state index is 12.8. The predicted molar refractivity (Wildman–Crippen MR) is 98.8 cm³/mol. The van der Waals surface area contributed by atoms with Crippen molar-refractivity contribution in [2.45, 2.75) is 46.6 Å². The van der Waals surface area contributed by atoms with Crippen molar-refractivity contribution in [1.82, 2.24) is 4.90 Å². The van der Waals surface area contributed by atoms with E-state index in [9.17, 15) is 14.4 Å². The molecule has 27 heavy (non-hydrogen) atoms. The van der Waals surface area contributed by atoms with E-state index >= 15 is 0 Å². The summed E-state index contributed by atoms with van der Waals surface area (Å²) in [7, 11) is 1.60. The van der Waals surface area contributed by atoms with Gasteiger partial charge in [0.2, 0.25) is 12.7 Å². The molecule has 7 heteroatoms. The molecule has 0 aromatic heterocycles. The number of ketones is 1. The average Bonchev–Trinajstić information content (AvgIpc) is 3.11. The van der Waals surface area contributed by atoms with Gasteiger partial charge in [0, 0.05) is 30.9 Å². The first kappa shape index (κ1) is 20.7. The number of likely N-dealkylation sites (N-methyl/N-ethyl adjacent to an activating group) is 1. The number of amides is 1. The lowest BCUT2D eigenvalue weighted by Gasteiger charge is -2.29. The highest BCUT2D eigenvalue weighted by Crippen LogP contribution is 2.33. The Balaban J connectivity index is 1.98. The van der Waals surface area contributed by atoms with Crippen LogP contribution in [-0.4, -0.2) is 49.0 Å². The predicted octanol–water partition coefficient (Wildman–Crippen LogP) is 2.81. The molecule has 0 spiro atoms. The van der Waals surface area contributed by atoms with Crippen molar-refractivity contribution in [2.24, 2.45) is 5.41 Å². The normalized spacial score (nSPS) is 13.8. The Labute approximate surface area is 159 Å². The Bertz CT molecular complexity index is 727. The van der Waals surface area contributed by atoms with Crippen LogP contribution < -0.4 is 9.47 Å². The molecule has 0 saturated heterocycles. The first-order valence-electron chi connectivity index (χ1n) is 9.00. The first-order valence-corrected chi connectivity index (χ1v) is 9.00. The topological polar surface area (TPSA) is 82.1 Å². The molecule has 0 N–H and O–H groups in total. The third-order valence-electron chi connectivity index (χ3n) is 4.55. The quantitative estimate of drug-likeness (QED) is 0.512. The van der Waals surface area contributed by atoms with E-state index in [0.29, 0.717) is 23.5 Å². The number of esters is 1. The summed E-state index contributed by atoms with van der Waals surface area (Å²) in [5.74, 6) is 0.469. The smallest absolute Gasteiger partial charge is 0.305 e. The van der Waals surface area contributed by atoms with Crippen LogP contribution in [0, 0.1) is 5.41 Å². The van der Waals surface area contributed by atoms with Gasteiger partial charge < -0.3 is 19.1 Å². The molecule has 0 radical (unpaired) electrons. The first-order chi connectivity index (χ1) is 12.6. The molecule has 1 heterocycles. The minimum Gasteiger partial charge on any atom is -0.465 e. The second-order valence-corrected chi connectivity index (χ2v) is 7.47. The number of carbonyl (C=O) groups excluding carboxylic acids is 3. The molecule has 2 rings (SSSR count). The molecule has 148 valence electrons. The fourth-order valence-electron chi connectivity index (χ4n) is 2.65. The monoisotopic (exact) mass is 377 g/mol. The van der Waals surface area contributed by atoms with Crippen molar-refractivity contribution in [3.63, 3.8) is 0 Å². The largest absolute Gasteiger partial charge is 0.465 e. The molecule has 0 fully saturated rings. The fraction of sp³-hybridized carbons (Fsp3) is 0.550. The van der Waals surface area contributed by atoms with Crippen LogP contribution in [0.15, 0.2) is 18.2 Å². The van der Waals surface area contributed by atoms with Crippen molar-refractivity contribution < 1.29 is 28.6 Å². The number of nitrogens with zero attached hydrogens (tertiary/aromatic N) is 1. The van der Waals surface area contributed by atoms with Crippen LogP contribution in [0.2, 0.25) is 0 Å². The van der Waals surface area contributed by atoms with Crippen LogP contribution in [0.3, 0.4) is 0 Å². The van der Waals surface area contributed by atoms with Crippen LogP contribution in [-0.2, 0) is 14.3 Å². The van der Waals surface area contributed by atoms with Crippen molar-refractivity contribution in [1.29, 1.82) is 0 Å². The fourth-order valence-corrected chi connectivity index (χ4v) is 2.65. The van der Waals surface area contributed by atoms with Gasteiger partial charge in [-0.3, -0.25) is 14.4 Å². The third kappa shape index (κ3) is 5.21. The number of benzene rings is 1. The van der Waals surface area contributed by atoms with Crippen LogP contribution in [0.5, 0.6) is 11.5 Å². The molecule has 1 unspecified atom stereocenters. The molecule has 1 aliphatic rings. The van der Waals surface area contributed by atoms with Gasteiger partial charge in [0.05, 0.1) is 12.6 Å². The lowest BCUT2D eigenvalue weighted by molar-refractivity contribution is -0.148. The van der Waals surface area contributed by atoms with Gasteiger partial charge in [-0.1, -0.05) is 20.8 Å². The van der Waals surface area contributed by atoms with Gasteiger partial charge >= 0.3 is 5.97 Å². The zero-order chi connectivity index (χ0) is 20.2. The highest BCUT2D eigenvalue weighted by molar-refractivity contribution is 6.02. The summed E-state index contributed by atoms with van der Waals surface area (Å²) in [4.78, 5) is 38.1. The Hall–Kier alpha value is -2.57. The molecule has 0 saturated carbocycles. The van der Waals surface area contributed by atoms with Gasteiger partial charge in [-0.15, -0.1) is 0 Å². The minimum atomic E-state index is -0.633. The Morgan fingerprint density at radius 2 is 1.89 bits per heavy atom. The molecule has 0 aliphatic carbocycles. The molecule has 1 aromatic carbocycles. The minimum absolute atomic E-state index is 0.138. The molecule has 1 atom stereocenters. The summed E-state index contributed by atoms with van der Waals surface area (Å²) in [6.07, 6.45) is 0.463. The Kier molecular flexibility index (Phi) is 6.46. The van der Waals surface area contributed by atoms with Crippen LogP contribution in [0.4, 0.5) is 0 Å². The summed E-state index contributed by atoms with van der Waals surface area (Å²) in [5.41, 5.74) is -0.0555. The number of rotatable bonds is 8. The maximum Gasteiger partial charge on any atom is 0.305 e. The van der Waals surface area contributed by atoms with Crippen molar-refractivity contribution in [2.75, 3.05) is 20.4 Å². The van der Waals surface area contributed by atoms with E-state index in [1.807, 2.05) is 13.8 Å². The molecule has 1 aliphatic heterocycles. The SMILES string of the molecule is CCC(=O)OCC(C)(C)CC(=O)N(C)C(C)C(=O)c1ccc2c(c1)OCO2. The van der Waals surface area contributed by atoms with Crippen LogP contribution >= 0.6 is 0 Å². The molecule has 7 nitrogen and oxygen atoms in total. The zero-order valence-electron chi connectivity index (χ0n) is 16.5. The van der Waals surface area contributed by atoms with Gasteiger partial charge in [-0.2, -0.15) is 0 Å². The molecular formula is C20H27NO6. The van der Waals surface area contributed by atoms with E-state index < -0.39 is 11.5 Å². The summed E-state index contributed by atoms with van der Waals surface area (Å²) in [5, 5.41) is 0. The van der Waals surface area contributed by atoms with Gasteiger partial charge in [-0.05, 0) is 25.1 Å². The average molecular weight is 377 g/mol. The number of fused-ring (bicyclic) bond motifs is 1. The number of Topliss-reactive ketones (excluding diaryl/α,β-unsaturated/α-hetero) is 1. The van der Waals surface area contributed by atoms with Crippen molar-refractivity contribution in [3.8, 4) is 11.5 Å². The van der Waals surface area contributed by atoms with E-state index in [4.69, 9.17) is 14.2 Å². The third-order valence-corrected chi connectivity index (χ3v) is 4.55. The number of carbonyl (C=O) groups is 3. The Morgan fingerprint density at radius 3 is 2.56 bits per heavy atom. The van der Waals surface area contributed by atoms with E-state index in [-0.39, 0.29) is 37.5 Å². The van der Waals surface area contributed by atoms with E-state index in [0.717, 1.165) is 0 Å². The zero-order valence-corrected chi connectivity index (χ0v) is 16.5. The summed E-state index contributed by atoms with van der Waals surface area (Å²) in [6, 6.07) is 4.36. The lowest BCUT2D eigenvalue weighted by Crippen LogP contribution is -2.42. The van der Waals surface area contributed by atoms with Crippen LogP contribution in [0.25, 0.3) is 0 Å². The van der Waals surface area contributed by atoms with Gasteiger partial charge in [0.25, 0.3) is 0 Å². The van der Waals surface area contributed by atoms with E-state index in [1.54, 1.807) is 39.1 Å². The molecular weight excluding hydrogens is 350 g/mol. The van der Waals surface area contributed by atoms with Crippen molar-refractivity contribution in [3.05, 3.63) is 23.8 Å². The molecule has 1 amide bonds. The maximum atomic E-state index is 12.8. The van der Waals surface area contributed by atoms with Gasteiger partial charge in [-0.25, -0.2) is 0 Å². The Morgan fingerprint density at radius 1 is 1.22 bits per heavy atom. The summed E-state index contributed by atoms with van der Waals surface area (Å²) >= 11 is 0. The van der Waals surface area contributed by atoms with Gasteiger partial charge in [0.1, 0.15) is 0 Å². The van der Waals surface area contributed by atoms with E-state index in [1.165, 1.54) is 4.90 Å². The molecule has 1 aromatic rings. The summed E-state index contributed by atoms with van der Waals surface area (Å²) < 4.78 is 15.7. The van der Waals surface area contributed by atoms with Crippen molar-refractivity contribution >= 4 is 17.7 Å². The highest BCUT2D eigenvalue weighted by Gasteiger charge is 2.30. The standard InChI is InChI=1S/C20H27NO6/c1-6-18(23)25-11-20(3,4)10-17(22)21(5)13(2)19(24)14-7-8-15-16(9-14)27-12-26-15/h7-9,13H,6,10-12H2,1-5H3. The number of ether oxygens (including phenoxy) is 3. The highest BCUT2D eigenvalue weighted by atomic mass is 16.7. The lowest BCUT2D eigenvalue weighted by atomic mass is 9.89. The second kappa shape index (κ2) is 8.41. The second-order valence-electron chi connectivity index (χ2n) is 7.47. The molecule has 0 bridgehead atoms. The van der Waals surface area contributed by atoms with E-state index in [2.05, 4.69) is 0 Å². The van der Waals surface area contributed by atoms with Crippen LogP contribution in [0.1, 0.15) is 50.9 Å².